The number of hydrogen-bond acceptors (Lipinski definition) is 2. The quantitative estimate of drug-likeness (QED) is 0.727. The first kappa shape index (κ1) is 10.3. The van der Waals surface area contributed by atoms with Crippen molar-refractivity contribution in [1.29, 1.82) is 5.26 Å². The predicted molar refractivity (Wildman–Crippen MR) is 56.4 cm³/mol. The van der Waals surface area contributed by atoms with Gasteiger partial charge < -0.3 is 0 Å². The van der Waals surface area contributed by atoms with Crippen LogP contribution in [0.25, 0.3) is 0 Å². The van der Waals surface area contributed by atoms with Crippen molar-refractivity contribution >= 4 is 0 Å². The number of nitriles is 1. The second-order valence-corrected chi connectivity index (χ2v) is 3.00. The molecule has 1 atom stereocenters. The van der Waals surface area contributed by atoms with Crippen LogP contribution in [0.5, 0.6) is 0 Å². The number of aryl methyl sites for hydroxylation is 1. The molecule has 0 heterocycles. The molecule has 0 bridgehead atoms. The lowest BCUT2D eigenvalue weighted by Crippen LogP contribution is -2.20. The Morgan fingerprint density at radius 1 is 1.50 bits per heavy atom. The molecule has 70 valence electrons. The van der Waals surface area contributed by atoms with Crippen LogP contribution in [0, 0.1) is 30.6 Å². The third kappa shape index (κ3) is 2.36. The largest absolute Gasteiger partial charge is 0.287 e. The molecule has 0 saturated heterocycles. The highest BCUT2D eigenvalue weighted by atomic mass is 14.9. The minimum absolute atomic E-state index is 0.313. The summed E-state index contributed by atoms with van der Waals surface area (Å²) in [6, 6.07) is 9.67. The lowest BCUT2D eigenvalue weighted by atomic mass is 10.0. The van der Waals surface area contributed by atoms with E-state index in [0.717, 1.165) is 11.1 Å². The second kappa shape index (κ2) is 5.07. The van der Waals surface area contributed by atoms with E-state index >= 15 is 0 Å². The summed E-state index contributed by atoms with van der Waals surface area (Å²) >= 11 is 0. The molecule has 0 radical (unpaired) electrons. The number of benzene rings is 1. The van der Waals surface area contributed by atoms with Crippen LogP contribution >= 0.6 is 0 Å². The Kier molecular flexibility index (Phi) is 3.73. The van der Waals surface area contributed by atoms with Crippen LogP contribution in [0.15, 0.2) is 24.3 Å². The zero-order valence-corrected chi connectivity index (χ0v) is 8.12. The third-order valence-corrected chi connectivity index (χ3v) is 2.04. The highest BCUT2D eigenvalue weighted by molar-refractivity contribution is 5.32. The van der Waals surface area contributed by atoms with E-state index < -0.39 is 0 Å². The van der Waals surface area contributed by atoms with Gasteiger partial charge >= 0.3 is 0 Å². The Labute approximate surface area is 84.6 Å². The van der Waals surface area contributed by atoms with Crippen molar-refractivity contribution in [3.8, 4) is 18.4 Å². The van der Waals surface area contributed by atoms with Crippen LogP contribution in [-0.2, 0) is 0 Å². The molecule has 1 aromatic rings. The Hall–Kier alpha value is -1.77. The van der Waals surface area contributed by atoms with Gasteiger partial charge in [-0.2, -0.15) is 5.26 Å². The number of terminal acetylenes is 1. The molecule has 0 fully saturated rings. The summed E-state index contributed by atoms with van der Waals surface area (Å²) in [6.07, 6.45) is 5.13. The monoisotopic (exact) mass is 184 g/mol. The van der Waals surface area contributed by atoms with Crippen LogP contribution in [0.4, 0.5) is 0 Å². The van der Waals surface area contributed by atoms with Crippen molar-refractivity contribution < 1.29 is 0 Å². The molecule has 1 unspecified atom stereocenters. The van der Waals surface area contributed by atoms with Crippen LogP contribution in [0.1, 0.15) is 17.2 Å². The molecule has 0 saturated carbocycles. The van der Waals surface area contributed by atoms with Crippen LogP contribution in [0.2, 0.25) is 0 Å². The van der Waals surface area contributed by atoms with E-state index in [0.29, 0.717) is 6.54 Å². The lowest BCUT2D eigenvalue weighted by molar-refractivity contribution is 0.687. The molecule has 0 spiro atoms. The maximum absolute atomic E-state index is 8.95. The fourth-order valence-corrected chi connectivity index (χ4v) is 1.30. The summed E-state index contributed by atoms with van der Waals surface area (Å²) < 4.78 is 0. The van der Waals surface area contributed by atoms with Gasteiger partial charge in [0.15, 0.2) is 0 Å². The van der Waals surface area contributed by atoms with E-state index in [4.69, 9.17) is 11.7 Å². The van der Waals surface area contributed by atoms with Crippen molar-refractivity contribution in [3.05, 3.63) is 35.4 Å². The van der Waals surface area contributed by atoms with Gasteiger partial charge in [0.05, 0.1) is 12.6 Å². The minimum atomic E-state index is -0.313. The first-order valence-corrected chi connectivity index (χ1v) is 4.41. The SMILES string of the molecule is C#CCNC(C#N)c1ccccc1C. The fourth-order valence-electron chi connectivity index (χ4n) is 1.30. The van der Waals surface area contributed by atoms with Crippen LogP contribution in [-0.4, -0.2) is 6.54 Å². The van der Waals surface area contributed by atoms with Crippen molar-refractivity contribution in [2.24, 2.45) is 0 Å². The van der Waals surface area contributed by atoms with E-state index in [1.807, 2.05) is 31.2 Å². The van der Waals surface area contributed by atoms with E-state index in [2.05, 4.69) is 17.3 Å². The van der Waals surface area contributed by atoms with E-state index in [1.165, 1.54) is 0 Å². The lowest BCUT2D eigenvalue weighted by Gasteiger charge is -2.11. The van der Waals surface area contributed by atoms with Crippen molar-refractivity contribution in [1.82, 2.24) is 5.32 Å². The molecule has 14 heavy (non-hydrogen) atoms. The van der Waals surface area contributed by atoms with Crippen molar-refractivity contribution in [2.75, 3.05) is 6.54 Å². The highest BCUT2D eigenvalue weighted by Crippen LogP contribution is 2.15. The van der Waals surface area contributed by atoms with Gasteiger partial charge in [0.2, 0.25) is 0 Å². The number of nitrogens with one attached hydrogen (secondary N) is 1. The molecule has 0 amide bonds. The highest BCUT2D eigenvalue weighted by Gasteiger charge is 2.10. The molecular weight excluding hydrogens is 172 g/mol. The van der Waals surface area contributed by atoms with Crippen LogP contribution < -0.4 is 5.32 Å². The summed E-state index contributed by atoms with van der Waals surface area (Å²) in [5.41, 5.74) is 2.09. The Bertz CT molecular complexity index is 382. The first-order chi connectivity index (χ1) is 6.79. The number of hydrogen-bond donors (Lipinski definition) is 1. The first-order valence-electron chi connectivity index (χ1n) is 4.41. The standard InChI is InChI=1S/C12H12N2/c1-3-8-14-12(9-13)11-7-5-4-6-10(11)2/h1,4-7,12,14H,8H2,2H3. The molecule has 0 aliphatic carbocycles. The topological polar surface area (TPSA) is 35.8 Å². The van der Waals surface area contributed by atoms with Crippen molar-refractivity contribution in [3.63, 3.8) is 0 Å². The van der Waals surface area contributed by atoms with E-state index in [9.17, 15) is 0 Å². The zero-order chi connectivity index (χ0) is 10.4. The Morgan fingerprint density at radius 3 is 2.79 bits per heavy atom. The normalized spacial score (nSPS) is 11.4. The van der Waals surface area contributed by atoms with E-state index in [-0.39, 0.29) is 6.04 Å². The average molecular weight is 184 g/mol. The summed E-state index contributed by atoms with van der Waals surface area (Å²) in [5, 5.41) is 11.9. The summed E-state index contributed by atoms with van der Waals surface area (Å²) in [6.45, 7) is 2.39. The van der Waals surface area contributed by atoms with Crippen molar-refractivity contribution in [2.45, 2.75) is 13.0 Å². The summed E-state index contributed by atoms with van der Waals surface area (Å²) in [7, 11) is 0. The third-order valence-electron chi connectivity index (χ3n) is 2.04. The average Bonchev–Trinajstić information content (AvgIpc) is 2.21. The van der Waals surface area contributed by atoms with Crippen LogP contribution in [0.3, 0.4) is 0 Å². The van der Waals surface area contributed by atoms with Gasteiger partial charge in [-0.25, -0.2) is 0 Å². The van der Waals surface area contributed by atoms with Gasteiger partial charge in [0.25, 0.3) is 0 Å². The molecule has 2 heteroatoms. The smallest absolute Gasteiger partial charge is 0.122 e. The Morgan fingerprint density at radius 2 is 2.21 bits per heavy atom. The Balaban J connectivity index is 2.86. The minimum Gasteiger partial charge on any atom is -0.287 e. The van der Waals surface area contributed by atoms with Gasteiger partial charge in [-0.1, -0.05) is 30.2 Å². The molecule has 1 rings (SSSR count). The van der Waals surface area contributed by atoms with Gasteiger partial charge in [0, 0.05) is 0 Å². The van der Waals surface area contributed by atoms with E-state index in [1.54, 1.807) is 0 Å². The van der Waals surface area contributed by atoms with Gasteiger partial charge in [-0.15, -0.1) is 6.42 Å². The second-order valence-electron chi connectivity index (χ2n) is 3.00. The zero-order valence-electron chi connectivity index (χ0n) is 8.12. The van der Waals surface area contributed by atoms with Gasteiger partial charge in [0.1, 0.15) is 6.04 Å². The summed E-state index contributed by atoms with van der Waals surface area (Å²) in [5.74, 6) is 2.46. The van der Waals surface area contributed by atoms with Gasteiger partial charge in [-0.05, 0) is 18.1 Å². The summed E-state index contributed by atoms with van der Waals surface area (Å²) in [4.78, 5) is 0. The number of nitrogens with zero attached hydrogens (tertiary/aromatic N) is 1. The maximum Gasteiger partial charge on any atom is 0.122 e. The molecule has 0 aromatic heterocycles. The maximum atomic E-state index is 8.95. The fraction of sp³-hybridized carbons (Fsp3) is 0.250. The number of rotatable bonds is 3. The molecule has 0 aliphatic rings. The van der Waals surface area contributed by atoms with Gasteiger partial charge in [-0.3, -0.25) is 5.32 Å². The molecule has 1 N–H and O–H groups in total. The molecule has 1 aromatic carbocycles. The molecular formula is C12H12N2. The molecule has 0 aliphatic heterocycles. The molecule has 2 nitrogen and oxygen atoms in total. The predicted octanol–water partition coefficient (Wildman–Crippen LogP) is 1.78.